The SMILES string of the molecule is COc1ccccc1C(CO)NC(=O)c1cc(-c2ccc3[nH]ncc3c2)on1. The Morgan fingerprint density at radius 2 is 2.14 bits per heavy atom. The second-order valence-electron chi connectivity index (χ2n) is 6.20. The molecule has 2 heterocycles. The highest BCUT2D eigenvalue weighted by molar-refractivity contribution is 5.93. The van der Waals surface area contributed by atoms with Crippen LogP contribution in [0.5, 0.6) is 5.75 Å². The molecular weight excluding hydrogens is 360 g/mol. The van der Waals surface area contributed by atoms with E-state index in [-0.39, 0.29) is 12.3 Å². The molecule has 28 heavy (non-hydrogen) atoms. The topological polar surface area (TPSA) is 113 Å². The summed E-state index contributed by atoms with van der Waals surface area (Å²) in [6, 6.07) is 13.7. The lowest BCUT2D eigenvalue weighted by Crippen LogP contribution is -2.31. The van der Waals surface area contributed by atoms with Crippen molar-refractivity contribution in [3.63, 3.8) is 0 Å². The van der Waals surface area contributed by atoms with Crippen molar-refractivity contribution in [2.45, 2.75) is 6.04 Å². The van der Waals surface area contributed by atoms with Gasteiger partial charge in [-0.15, -0.1) is 0 Å². The quantitative estimate of drug-likeness (QED) is 0.475. The predicted octanol–water partition coefficient (Wildman–Crippen LogP) is 2.69. The van der Waals surface area contributed by atoms with Crippen LogP contribution in [0.3, 0.4) is 0 Å². The van der Waals surface area contributed by atoms with Crippen LogP contribution < -0.4 is 10.1 Å². The van der Waals surface area contributed by atoms with Gasteiger partial charge in [-0.1, -0.05) is 23.4 Å². The molecule has 0 fully saturated rings. The van der Waals surface area contributed by atoms with Crippen molar-refractivity contribution in [1.82, 2.24) is 20.7 Å². The summed E-state index contributed by atoms with van der Waals surface area (Å²) in [4.78, 5) is 12.6. The Morgan fingerprint density at radius 1 is 1.29 bits per heavy atom. The normalized spacial score (nSPS) is 12.1. The number of aromatic nitrogens is 3. The number of nitrogens with one attached hydrogen (secondary N) is 2. The fourth-order valence-corrected chi connectivity index (χ4v) is 3.02. The first-order valence-electron chi connectivity index (χ1n) is 8.64. The smallest absolute Gasteiger partial charge is 0.274 e. The summed E-state index contributed by atoms with van der Waals surface area (Å²) >= 11 is 0. The highest BCUT2D eigenvalue weighted by atomic mass is 16.5. The number of H-pyrrole nitrogens is 1. The zero-order valence-corrected chi connectivity index (χ0v) is 15.0. The number of nitrogens with zero attached hydrogens (tertiary/aromatic N) is 2. The number of rotatable bonds is 6. The molecule has 0 bridgehead atoms. The van der Waals surface area contributed by atoms with Crippen LogP contribution in [0.4, 0.5) is 0 Å². The summed E-state index contributed by atoms with van der Waals surface area (Å²) in [5.41, 5.74) is 2.48. The van der Waals surface area contributed by atoms with Crippen LogP contribution in [0.2, 0.25) is 0 Å². The number of carbonyl (C=O) groups excluding carboxylic acids is 1. The molecule has 1 atom stereocenters. The summed E-state index contributed by atoms with van der Waals surface area (Å²) in [7, 11) is 1.54. The first-order chi connectivity index (χ1) is 13.7. The average Bonchev–Trinajstić information content (AvgIpc) is 3.40. The molecule has 0 aliphatic rings. The molecular formula is C20H18N4O4. The maximum atomic E-state index is 12.6. The minimum atomic E-state index is -0.633. The summed E-state index contributed by atoms with van der Waals surface area (Å²) in [5.74, 6) is 0.589. The first kappa shape index (κ1) is 17.7. The number of methoxy groups -OCH3 is 1. The molecule has 8 heteroatoms. The lowest BCUT2D eigenvalue weighted by Gasteiger charge is -2.18. The number of benzene rings is 2. The number of hydrogen-bond donors (Lipinski definition) is 3. The molecule has 4 rings (SSSR count). The first-order valence-corrected chi connectivity index (χ1v) is 8.64. The molecule has 3 N–H and O–H groups in total. The number of hydrogen-bond acceptors (Lipinski definition) is 6. The van der Waals surface area contributed by atoms with E-state index in [1.807, 2.05) is 30.3 Å². The molecule has 2 aromatic carbocycles. The summed E-state index contributed by atoms with van der Waals surface area (Å²) in [6.45, 7) is -0.284. The summed E-state index contributed by atoms with van der Waals surface area (Å²) in [6.07, 6.45) is 1.71. The van der Waals surface area contributed by atoms with Crippen LogP contribution in [0, 0.1) is 0 Å². The van der Waals surface area contributed by atoms with E-state index in [2.05, 4.69) is 20.7 Å². The molecule has 2 aromatic heterocycles. The standard InChI is InChI=1S/C20H18N4O4/c1-27-18-5-3-2-4-14(18)17(11-25)22-20(26)16-9-19(28-24-16)12-6-7-15-13(8-12)10-21-23-15/h2-10,17,25H,11H2,1H3,(H,21,23)(H,22,26). The Balaban J connectivity index is 1.55. The molecule has 1 unspecified atom stereocenters. The molecule has 0 saturated heterocycles. The molecule has 0 aliphatic carbocycles. The number of aliphatic hydroxyl groups excluding tert-OH is 1. The number of aliphatic hydroxyl groups is 1. The minimum Gasteiger partial charge on any atom is -0.496 e. The van der Waals surface area contributed by atoms with Crippen LogP contribution >= 0.6 is 0 Å². The van der Waals surface area contributed by atoms with Gasteiger partial charge < -0.3 is 19.7 Å². The number of fused-ring (bicyclic) bond motifs is 1. The van der Waals surface area contributed by atoms with Gasteiger partial charge in [0.05, 0.1) is 31.5 Å². The molecule has 0 spiro atoms. The van der Waals surface area contributed by atoms with Gasteiger partial charge >= 0.3 is 0 Å². The van der Waals surface area contributed by atoms with Crippen molar-refractivity contribution < 1.29 is 19.2 Å². The van der Waals surface area contributed by atoms with Gasteiger partial charge in [0, 0.05) is 22.6 Å². The lowest BCUT2D eigenvalue weighted by molar-refractivity contribution is 0.0906. The van der Waals surface area contributed by atoms with Crippen LogP contribution in [0.1, 0.15) is 22.1 Å². The Bertz CT molecular complexity index is 1120. The van der Waals surface area contributed by atoms with Crippen LogP contribution in [0.25, 0.3) is 22.2 Å². The van der Waals surface area contributed by atoms with Gasteiger partial charge in [-0.3, -0.25) is 9.89 Å². The second-order valence-corrected chi connectivity index (χ2v) is 6.20. The lowest BCUT2D eigenvalue weighted by atomic mass is 10.1. The van der Waals surface area contributed by atoms with Crippen LogP contribution in [-0.2, 0) is 0 Å². The molecule has 1 amide bonds. The molecule has 4 aromatic rings. The molecule has 8 nitrogen and oxygen atoms in total. The zero-order chi connectivity index (χ0) is 19.5. The van der Waals surface area contributed by atoms with Crippen molar-refractivity contribution in [2.75, 3.05) is 13.7 Å². The van der Waals surface area contributed by atoms with Gasteiger partial charge in [0.25, 0.3) is 5.91 Å². The van der Waals surface area contributed by atoms with E-state index in [9.17, 15) is 9.90 Å². The second kappa shape index (κ2) is 7.53. The van der Waals surface area contributed by atoms with Crippen LogP contribution in [-0.4, -0.2) is 40.1 Å². The Kier molecular flexibility index (Phi) is 4.77. The van der Waals surface area contributed by atoms with Crippen molar-refractivity contribution in [3.8, 4) is 17.1 Å². The molecule has 142 valence electrons. The number of carbonyl (C=O) groups is 1. The van der Waals surface area contributed by atoms with E-state index in [1.54, 1.807) is 24.4 Å². The van der Waals surface area contributed by atoms with Gasteiger partial charge in [-0.2, -0.15) is 5.10 Å². The van der Waals surface area contributed by atoms with E-state index in [0.29, 0.717) is 17.1 Å². The van der Waals surface area contributed by atoms with Crippen molar-refractivity contribution >= 4 is 16.8 Å². The third-order valence-corrected chi connectivity index (χ3v) is 4.47. The maximum absolute atomic E-state index is 12.6. The number of ether oxygens (including phenoxy) is 1. The Morgan fingerprint density at radius 3 is 2.96 bits per heavy atom. The summed E-state index contributed by atoms with van der Waals surface area (Å²) in [5, 5.41) is 24.1. The fraction of sp³-hybridized carbons (Fsp3) is 0.150. The van der Waals surface area contributed by atoms with Gasteiger partial charge in [-0.05, 0) is 24.3 Å². The highest BCUT2D eigenvalue weighted by Gasteiger charge is 2.21. The Hall–Kier alpha value is -3.65. The van der Waals surface area contributed by atoms with Crippen molar-refractivity contribution in [2.24, 2.45) is 0 Å². The van der Waals surface area contributed by atoms with E-state index in [4.69, 9.17) is 9.26 Å². The maximum Gasteiger partial charge on any atom is 0.274 e. The third-order valence-electron chi connectivity index (χ3n) is 4.47. The van der Waals surface area contributed by atoms with Gasteiger partial charge in [0.15, 0.2) is 11.5 Å². The Labute approximate surface area is 160 Å². The number of aromatic amines is 1. The van der Waals surface area contributed by atoms with Crippen LogP contribution in [0.15, 0.2) is 59.3 Å². The number of amides is 1. The molecule has 0 radical (unpaired) electrons. The van der Waals surface area contributed by atoms with E-state index in [0.717, 1.165) is 16.5 Å². The van der Waals surface area contributed by atoms with Gasteiger partial charge in [0.2, 0.25) is 0 Å². The van der Waals surface area contributed by atoms with E-state index in [1.165, 1.54) is 7.11 Å². The zero-order valence-electron chi connectivity index (χ0n) is 15.0. The molecule has 0 aliphatic heterocycles. The number of para-hydroxylation sites is 1. The van der Waals surface area contributed by atoms with Gasteiger partial charge in [-0.25, -0.2) is 0 Å². The minimum absolute atomic E-state index is 0.121. The third kappa shape index (κ3) is 3.33. The van der Waals surface area contributed by atoms with Crippen molar-refractivity contribution in [1.29, 1.82) is 0 Å². The molecule has 0 saturated carbocycles. The fourth-order valence-electron chi connectivity index (χ4n) is 3.02. The van der Waals surface area contributed by atoms with E-state index >= 15 is 0 Å². The summed E-state index contributed by atoms with van der Waals surface area (Å²) < 4.78 is 10.6. The van der Waals surface area contributed by atoms with E-state index < -0.39 is 11.9 Å². The highest BCUT2D eigenvalue weighted by Crippen LogP contribution is 2.26. The monoisotopic (exact) mass is 378 g/mol. The van der Waals surface area contributed by atoms with Gasteiger partial charge in [0.1, 0.15) is 5.75 Å². The average molecular weight is 378 g/mol. The van der Waals surface area contributed by atoms with Crippen molar-refractivity contribution in [3.05, 3.63) is 66.0 Å². The predicted molar refractivity (Wildman–Crippen MR) is 102 cm³/mol. The largest absolute Gasteiger partial charge is 0.496 e.